The van der Waals surface area contributed by atoms with Crippen LogP contribution in [0.15, 0.2) is 18.5 Å². The van der Waals surface area contributed by atoms with Crippen molar-refractivity contribution in [3.63, 3.8) is 0 Å². The number of aromatic nitrogens is 3. The molecule has 32 heavy (non-hydrogen) atoms. The number of nitriles is 1. The summed E-state index contributed by atoms with van der Waals surface area (Å²) in [5, 5.41) is 15.6. The van der Waals surface area contributed by atoms with E-state index in [1.165, 1.54) is 4.52 Å². The molecule has 0 aromatic carbocycles. The van der Waals surface area contributed by atoms with E-state index in [0.717, 1.165) is 0 Å². The molecule has 2 aromatic heterocycles. The summed E-state index contributed by atoms with van der Waals surface area (Å²) in [6, 6.07) is 3.43. The first-order chi connectivity index (χ1) is 15.1. The van der Waals surface area contributed by atoms with Crippen LogP contribution in [-0.2, 0) is 9.53 Å². The molecule has 11 heteroatoms. The summed E-state index contributed by atoms with van der Waals surface area (Å²) >= 11 is 0. The Hall–Kier alpha value is -3.68. The fourth-order valence-electron chi connectivity index (χ4n) is 3.60. The van der Waals surface area contributed by atoms with Gasteiger partial charge >= 0.3 is 6.09 Å². The predicted molar refractivity (Wildman–Crippen MR) is 115 cm³/mol. The topological polar surface area (TPSA) is 133 Å². The SMILES string of the molecule is CN(C(=O)c1c(NC(=O)OC(C)(C)C)nn2cccnc12)C1CCN(C(=O)CC#N)CC1. The van der Waals surface area contributed by atoms with Gasteiger partial charge in [0, 0.05) is 38.6 Å². The minimum atomic E-state index is -0.720. The number of likely N-dealkylation sites (tertiary alicyclic amines) is 1. The fraction of sp³-hybridized carbons (Fsp3) is 0.524. The molecule has 3 heterocycles. The number of rotatable bonds is 4. The van der Waals surface area contributed by atoms with Crippen LogP contribution in [0.25, 0.3) is 5.65 Å². The van der Waals surface area contributed by atoms with Crippen molar-refractivity contribution in [1.82, 2.24) is 24.4 Å². The van der Waals surface area contributed by atoms with E-state index in [9.17, 15) is 14.4 Å². The highest BCUT2D eigenvalue weighted by molar-refractivity contribution is 6.06. The standard InChI is InChI=1S/C21H27N7O4/c1-21(2,3)32-20(31)24-17-16(18-23-10-5-11-28(18)25-17)19(30)26(4)14-7-12-27(13-8-14)15(29)6-9-22/h5,10-11,14H,6-8,12-13H2,1-4H3,(H,24,25,31). The zero-order valence-corrected chi connectivity index (χ0v) is 18.7. The van der Waals surface area contributed by atoms with Gasteiger partial charge in [0.1, 0.15) is 17.6 Å². The van der Waals surface area contributed by atoms with Crippen molar-refractivity contribution in [1.29, 1.82) is 5.26 Å². The van der Waals surface area contributed by atoms with Crippen LogP contribution in [0.2, 0.25) is 0 Å². The molecular formula is C21H27N7O4. The van der Waals surface area contributed by atoms with E-state index in [1.807, 2.05) is 6.07 Å². The highest BCUT2D eigenvalue weighted by Crippen LogP contribution is 2.25. The molecular weight excluding hydrogens is 414 g/mol. The number of ether oxygens (including phenoxy) is 1. The van der Waals surface area contributed by atoms with Crippen LogP contribution >= 0.6 is 0 Å². The zero-order valence-electron chi connectivity index (χ0n) is 18.7. The number of hydrogen-bond acceptors (Lipinski definition) is 7. The molecule has 0 bridgehead atoms. The lowest BCUT2D eigenvalue weighted by atomic mass is 10.0. The van der Waals surface area contributed by atoms with Gasteiger partial charge in [0.05, 0.1) is 6.07 Å². The molecule has 0 saturated carbocycles. The minimum Gasteiger partial charge on any atom is -0.444 e. The van der Waals surface area contributed by atoms with E-state index in [4.69, 9.17) is 10.00 Å². The second-order valence-corrected chi connectivity index (χ2v) is 8.60. The Labute approximate surface area is 185 Å². The summed E-state index contributed by atoms with van der Waals surface area (Å²) in [6.07, 6.45) is 3.49. The maximum absolute atomic E-state index is 13.4. The smallest absolute Gasteiger partial charge is 0.413 e. The Kier molecular flexibility index (Phi) is 6.62. The maximum Gasteiger partial charge on any atom is 0.413 e. The van der Waals surface area contributed by atoms with Crippen LogP contribution in [0.3, 0.4) is 0 Å². The van der Waals surface area contributed by atoms with Gasteiger partial charge in [0.25, 0.3) is 5.91 Å². The third kappa shape index (κ3) is 5.14. The molecule has 0 unspecified atom stereocenters. The van der Waals surface area contributed by atoms with Crippen molar-refractivity contribution in [2.24, 2.45) is 0 Å². The molecule has 11 nitrogen and oxygen atoms in total. The number of anilines is 1. The monoisotopic (exact) mass is 441 g/mol. The first kappa shape index (κ1) is 23.0. The van der Waals surface area contributed by atoms with Gasteiger partial charge in [-0.1, -0.05) is 0 Å². The fourth-order valence-corrected chi connectivity index (χ4v) is 3.60. The second kappa shape index (κ2) is 9.21. The largest absolute Gasteiger partial charge is 0.444 e. The summed E-state index contributed by atoms with van der Waals surface area (Å²) in [6.45, 7) is 6.17. The Morgan fingerprint density at radius 3 is 2.62 bits per heavy atom. The van der Waals surface area contributed by atoms with Gasteiger partial charge in [-0.05, 0) is 39.7 Å². The number of piperidine rings is 1. The van der Waals surface area contributed by atoms with Crippen molar-refractivity contribution in [2.45, 2.75) is 51.7 Å². The van der Waals surface area contributed by atoms with Gasteiger partial charge in [-0.15, -0.1) is 5.10 Å². The van der Waals surface area contributed by atoms with E-state index >= 15 is 0 Å². The summed E-state index contributed by atoms with van der Waals surface area (Å²) in [5.74, 6) is -0.474. The number of amides is 3. The average molecular weight is 441 g/mol. The highest BCUT2D eigenvalue weighted by Gasteiger charge is 2.32. The van der Waals surface area contributed by atoms with Gasteiger partial charge in [0.2, 0.25) is 5.91 Å². The minimum absolute atomic E-state index is 0.0661. The third-order valence-electron chi connectivity index (χ3n) is 5.14. The van der Waals surface area contributed by atoms with Crippen LogP contribution in [0.1, 0.15) is 50.4 Å². The quantitative estimate of drug-likeness (QED) is 0.768. The number of fused-ring (bicyclic) bond motifs is 1. The zero-order chi connectivity index (χ0) is 23.5. The molecule has 0 radical (unpaired) electrons. The highest BCUT2D eigenvalue weighted by atomic mass is 16.6. The number of nitrogens with one attached hydrogen (secondary N) is 1. The Morgan fingerprint density at radius 2 is 2.00 bits per heavy atom. The van der Waals surface area contributed by atoms with Crippen LogP contribution in [-0.4, -0.2) is 74.1 Å². The van der Waals surface area contributed by atoms with E-state index in [2.05, 4.69) is 15.4 Å². The maximum atomic E-state index is 13.4. The summed E-state index contributed by atoms with van der Waals surface area (Å²) < 4.78 is 6.73. The van der Waals surface area contributed by atoms with Crippen LogP contribution in [0.4, 0.5) is 10.6 Å². The van der Waals surface area contributed by atoms with E-state index in [1.54, 1.807) is 56.1 Å². The average Bonchev–Trinajstić information content (AvgIpc) is 3.09. The summed E-state index contributed by atoms with van der Waals surface area (Å²) in [5.41, 5.74) is -0.224. The van der Waals surface area contributed by atoms with Gasteiger partial charge in [0.15, 0.2) is 11.5 Å². The summed E-state index contributed by atoms with van der Waals surface area (Å²) in [4.78, 5) is 45.2. The molecule has 0 aliphatic carbocycles. The third-order valence-corrected chi connectivity index (χ3v) is 5.14. The lowest BCUT2D eigenvalue weighted by molar-refractivity contribution is -0.131. The van der Waals surface area contributed by atoms with E-state index in [-0.39, 0.29) is 35.7 Å². The molecule has 1 aliphatic heterocycles. The molecule has 1 saturated heterocycles. The lowest BCUT2D eigenvalue weighted by Crippen LogP contribution is -2.47. The Morgan fingerprint density at radius 1 is 1.31 bits per heavy atom. The van der Waals surface area contributed by atoms with Crippen molar-refractivity contribution in [2.75, 3.05) is 25.5 Å². The van der Waals surface area contributed by atoms with Crippen LogP contribution < -0.4 is 5.32 Å². The number of nitrogens with zero attached hydrogens (tertiary/aromatic N) is 6. The molecule has 170 valence electrons. The normalized spacial score (nSPS) is 14.7. The number of carbonyl (C=O) groups is 3. The number of hydrogen-bond donors (Lipinski definition) is 1. The molecule has 1 aliphatic rings. The van der Waals surface area contributed by atoms with Crippen molar-refractivity contribution in [3.8, 4) is 6.07 Å². The van der Waals surface area contributed by atoms with E-state index in [0.29, 0.717) is 31.6 Å². The molecule has 2 aromatic rings. The first-order valence-corrected chi connectivity index (χ1v) is 10.4. The van der Waals surface area contributed by atoms with Crippen LogP contribution in [0, 0.1) is 11.3 Å². The van der Waals surface area contributed by atoms with Crippen molar-refractivity contribution in [3.05, 3.63) is 24.0 Å². The Bertz CT molecular complexity index is 1060. The summed E-state index contributed by atoms with van der Waals surface area (Å²) in [7, 11) is 1.68. The van der Waals surface area contributed by atoms with Gasteiger partial charge in [-0.2, -0.15) is 5.26 Å². The van der Waals surface area contributed by atoms with Crippen LogP contribution in [0.5, 0.6) is 0 Å². The Balaban J connectivity index is 1.80. The molecule has 0 atom stereocenters. The molecule has 3 amide bonds. The molecule has 1 fully saturated rings. The van der Waals surface area contributed by atoms with Gasteiger partial charge < -0.3 is 14.5 Å². The molecule has 3 rings (SSSR count). The van der Waals surface area contributed by atoms with Crippen molar-refractivity contribution >= 4 is 29.4 Å². The van der Waals surface area contributed by atoms with E-state index < -0.39 is 11.7 Å². The number of carbonyl (C=O) groups excluding carboxylic acids is 3. The van der Waals surface area contributed by atoms with Crippen molar-refractivity contribution < 1.29 is 19.1 Å². The predicted octanol–water partition coefficient (Wildman–Crippen LogP) is 2.05. The lowest BCUT2D eigenvalue weighted by Gasteiger charge is -2.36. The van der Waals surface area contributed by atoms with Gasteiger partial charge in [-0.3, -0.25) is 14.9 Å². The first-order valence-electron chi connectivity index (χ1n) is 10.4. The molecule has 0 spiro atoms. The van der Waals surface area contributed by atoms with Gasteiger partial charge in [-0.25, -0.2) is 14.3 Å². The second-order valence-electron chi connectivity index (χ2n) is 8.60. The molecule has 1 N–H and O–H groups in total.